The lowest BCUT2D eigenvalue weighted by Gasteiger charge is -2.12. The Hall–Kier alpha value is -4.46. The highest BCUT2D eigenvalue weighted by Gasteiger charge is 2.16. The third-order valence-corrected chi connectivity index (χ3v) is 4.74. The van der Waals surface area contributed by atoms with E-state index in [4.69, 9.17) is 0 Å². The predicted molar refractivity (Wildman–Crippen MR) is 120 cm³/mol. The Bertz CT molecular complexity index is 1430. The Morgan fingerprint density at radius 3 is 2.52 bits per heavy atom. The molecule has 0 saturated carbocycles. The molecular formula is C23H18N4O4. The van der Waals surface area contributed by atoms with Gasteiger partial charge in [-0.2, -0.15) is 0 Å². The summed E-state index contributed by atoms with van der Waals surface area (Å²) in [6, 6.07) is 18.9. The molecule has 4 rings (SSSR count). The predicted octanol–water partition coefficient (Wildman–Crippen LogP) is 3.34. The number of aromatic amines is 1. The molecule has 3 aromatic carbocycles. The molecule has 2 amide bonds. The van der Waals surface area contributed by atoms with Crippen molar-refractivity contribution in [2.24, 2.45) is 4.99 Å². The van der Waals surface area contributed by atoms with E-state index >= 15 is 0 Å². The van der Waals surface area contributed by atoms with E-state index in [1.165, 1.54) is 0 Å². The Kier molecular flexibility index (Phi) is 5.19. The molecule has 1 heterocycles. The van der Waals surface area contributed by atoms with Crippen molar-refractivity contribution in [3.05, 3.63) is 98.7 Å². The largest absolute Gasteiger partial charge is 0.493 e. The van der Waals surface area contributed by atoms with E-state index in [2.05, 4.69) is 15.3 Å². The van der Waals surface area contributed by atoms with Gasteiger partial charge in [-0.1, -0.05) is 54.1 Å². The van der Waals surface area contributed by atoms with Crippen LogP contribution in [-0.4, -0.2) is 26.9 Å². The second-order valence-electron chi connectivity index (χ2n) is 6.88. The number of aliphatic imine (C=N–C) groups is 1. The number of anilines is 1. The molecule has 8 nitrogen and oxygen atoms in total. The summed E-state index contributed by atoms with van der Waals surface area (Å²) in [6.45, 7) is 1.92. The lowest BCUT2D eigenvalue weighted by atomic mass is 10.1. The van der Waals surface area contributed by atoms with Crippen LogP contribution in [0.25, 0.3) is 16.5 Å². The number of H-pyrrole nitrogens is 1. The fraction of sp³-hybridized carbons (Fsp3) is 0.0435. The number of carbonyl (C=O) groups excluding carboxylic acids is 1. The highest BCUT2D eigenvalue weighted by molar-refractivity contribution is 5.99. The van der Waals surface area contributed by atoms with Crippen LogP contribution in [-0.2, 0) is 0 Å². The van der Waals surface area contributed by atoms with Gasteiger partial charge in [0.1, 0.15) is 5.56 Å². The zero-order valence-electron chi connectivity index (χ0n) is 16.5. The van der Waals surface area contributed by atoms with Gasteiger partial charge in [0.2, 0.25) is 5.88 Å². The second kappa shape index (κ2) is 8.11. The van der Waals surface area contributed by atoms with Gasteiger partial charge >= 0.3 is 11.7 Å². The molecule has 0 bridgehead atoms. The van der Waals surface area contributed by atoms with Crippen molar-refractivity contribution in [1.82, 2.24) is 9.55 Å². The van der Waals surface area contributed by atoms with Crippen molar-refractivity contribution < 1.29 is 9.90 Å². The van der Waals surface area contributed by atoms with Crippen LogP contribution >= 0.6 is 0 Å². The smallest absolute Gasteiger partial charge is 0.345 e. The molecule has 0 atom stereocenters. The first-order valence-electron chi connectivity index (χ1n) is 9.42. The molecule has 0 radical (unpaired) electrons. The summed E-state index contributed by atoms with van der Waals surface area (Å²) in [4.78, 5) is 42.7. The van der Waals surface area contributed by atoms with Gasteiger partial charge in [-0.25, -0.2) is 19.1 Å². The molecule has 4 aromatic rings. The van der Waals surface area contributed by atoms with Crippen molar-refractivity contribution in [3.63, 3.8) is 0 Å². The van der Waals surface area contributed by atoms with Crippen LogP contribution < -0.4 is 16.6 Å². The van der Waals surface area contributed by atoms with Crippen molar-refractivity contribution in [2.75, 3.05) is 5.32 Å². The van der Waals surface area contributed by atoms with Gasteiger partial charge in [0.15, 0.2) is 0 Å². The monoisotopic (exact) mass is 414 g/mol. The molecule has 0 saturated heterocycles. The normalized spacial score (nSPS) is 11.1. The lowest BCUT2D eigenvalue weighted by Crippen LogP contribution is -2.31. The zero-order chi connectivity index (χ0) is 22.0. The molecular weight excluding hydrogens is 396 g/mol. The highest BCUT2D eigenvalue weighted by Crippen LogP contribution is 2.24. The molecule has 8 heteroatoms. The third kappa shape index (κ3) is 3.99. The van der Waals surface area contributed by atoms with Crippen LogP contribution in [0.1, 0.15) is 11.1 Å². The molecule has 0 aliphatic carbocycles. The van der Waals surface area contributed by atoms with Gasteiger partial charge in [-0.3, -0.25) is 9.78 Å². The first-order valence-corrected chi connectivity index (χ1v) is 9.42. The van der Waals surface area contributed by atoms with Gasteiger partial charge < -0.3 is 10.4 Å². The number of amides is 2. The number of fused-ring (bicyclic) bond motifs is 1. The molecule has 31 heavy (non-hydrogen) atoms. The SMILES string of the molecule is Cc1ccc(NC(=O)N=Cc2c(O)n(-c3cccc4ccccc34)c(=O)[nH]c2=O)cc1. The Morgan fingerprint density at radius 2 is 1.74 bits per heavy atom. The molecule has 0 aliphatic rings. The number of hydrogen-bond acceptors (Lipinski definition) is 4. The number of aromatic hydroxyl groups is 1. The summed E-state index contributed by atoms with van der Waals surface area (Å²) < 4.78 is 0.975. The van der Waals surface area contributed by atoms with Gasteiger partial charge in [0, 0.05) is 11.1 Å². The van der Waals surface area contributed by atoms with E-state index in [1.807, 2.05) is 37.3 Å². The quantitative estimate of drug-likeness (QED) is 0.446. The van der Waals surface area contributed by atoms with E-state index < -0.39 is 23.2 Å². The summed E-state index contributed by atoms with van der Waals surface area (Å²) in [6.07, 6.45) is 0.929. The highest BCUT2D eigenvalue weighted by atomic mass is 16.3. The van der Waals surface area contributed by atoms with Gasteiger partial charge in [-0.05, 0) is 30.5 Å². The maximum absolute atomic E-state index is 12.5. The summed E-state index contributed by atoms with van der Waals surface area (Å²) >= 11 is 0. The van der Waals surface area contributed by atoms with Crippen LogP contribution in [0, 0.1) is 6.92 Å². The molecule has 3 N–H and O–H groups in total. The number of aryl methyl sites for hydroxylation is 1. The van der Waals surface area contributed by atoms with Crippen LogP contribution in [0.5, 0.6) is 5.88 Å². The Balaban J connectivity index is 1.73. The van der Waals surface area contributed by atoms with E-state index in [1.54, 1.807) is 36.4 Å². The van der Waals surface area contributed by atoms with Crippen molar-refractivity contribution in [3.8, 4) is 11.6 Å². The number of nitrogens with one attached hydrogen (secondary N) is 2. The minimum atomic E-state index is -0.856. The first kappa shape index (κ1) is 19.8. The van der Waals surface area contributed by atoms with E-state index in [0.29, 0.717) is 16.8 Å². The van der Waals surface area contributed by atoms with Gasteiger partial charge in [0.05, 0.1) is 11.9 Å². The van der Waals surface area contributed by atoms with Crippen LogP contribution in [0.15, 0.2) is 81.3 Å². The fourth-order valence-electron chi connectivity index (χ4n) is 3.20. The van der Waals surface area contributed by atoms with Crippen molar-refractivity contribution in [2.45, 2.75) is 6.92 Å². The summed E-state index contributed by atoms with van der Waals surface area (Å²) in [5.41, 5.74) is -0.0200. The van der Waals surface area contributed by atoms with Crippen LogP contribution in [0.2, 0.25) is 0 Å². The average Bonchev–Trinajstić information content (AvgIpc) is 2.75. The topological polar surface area (TPSA) is 117 Å². The second-order valence-corrected chi connectivity index (χ2v) is 6.88. The molecule has 0 fully saturated rings. The molecule has 154 valence electrons. The Labute approximate surface area is 176 Å². The zero-order valence-corrected chi connectivity index (χ0v) is 16.5. The minimum Gasteiger partial charge on any atom is -0.493 e. The first-order chi connectivity index (χ1) is 14.9. The average molecular weight is 414 g/mol. The van der Waals surface area contributed by atoms with E-state index in [9.17, 15) is 19.5 Å². The minimum absolute atomic E-state index is 0.313. The van der Waals surface area contributed by atoms with Crippen molar-refractivity contribution in [1.29, 1.82) is 0 Å². The summed E-state index contributed by atoms with van der Waals surface area (Å²) in [5, 5.41) is 14.8. The maximum Gasteiger partial charge on any atom is 0.345 e. The van der Waals surface area contributed by atoms with Gasteiger partial charge in [-0.15, -0.1) is 0 Å². The summed E-state index contributed by atoms with van der Waals surface area (Å²) in [7, 11) is 0. The number of rotatable bonds is 3. The van der Waals surface area contributed by atoms with Crippen LogP contribution in [0.3, 0.4) is 0 Å². The van der Waals surface area contributed by atoms with E-state index in [-0.39, 0.29) is 5.56 Å². The number of urea groups is 1. The third-order valence-electron chi connectivity index (χ3n) is 4.74. The van der Waals surface area contributed by atoms with Crippen LogP contribution in [0.4, 0.5) is 10.5 Å². The van der Waals surface area contributed by atoms with Gasteiger partial charge in [0.25, 0.3) is 5.56 Å². The number of aromatic nitrogens is 2. The Morgan fingerprint density at radius 1 is 1.03 bits per heavy atom. The number of hydrogen-bond donors (Lipinski definition) is 3. The number of benzene rings is 3. The standard InChI is InChI=1S/C23H18N4O4/c1-14-9-11-16(12-10-14)25-22(30)24-13-18-20(28)26-23(31)27(21(18)29)19-8-4-6-15-5-2-3-7-17(15)19/h2-13,29H,1H3,(H,25,30)(H,26,28,31). The lowest BCUT2D eigenvalue weighted by molar-refractivity contribution is 0.259. The number of carbonyl (C=O) groups is 1. The molecule has 0 aliphatic heterocycles. The maximum atomic E-state index is 12.5. The fourth-order valence-corrected chi connectivity index (χ4v) is 3.20. The number of nitrogens with zero attached hydrogens (tertiary/aromatic N) is 2. The van der Waals surface area contributed by atoms with E-state index in [0.717, 1.165) is 21.7 Å². The molecule has 1 aromatic heterocycles. The molecule has 0 spiro atoms. The summed E-state index contributed by atoms with van der Waals surface area (Å²) in [5.74, 6) is -0.614. The molecule has 0 unspecified atom stereocenters. The van der Waals surface area contributed by atoms with Crippen molar-refractivity contribution >= 4 is 28.7 Å².